The fourth-order valence-corrected chi connectivity index (χ4v) is 1.31. The molecule has 0 aliphatic rings. The van der Waals surface area contributed by atoms with Crippen LogP contribution in [-0.2, 0) is 13.5 Å². The van der Waals surface area contributed by atoms with Crippen LogP contribution in [0.1, 0.15) is 23.4 Å². The first-order valence-corrected chi connectivity index (χ1v) is 4.62. The number of aliphatic hydroxyl groups excluding tert-OH is 1. The second-order valence-electron chi connectivity index (χ2n) is 3.36. The smallest absolute Gasteiger partial charge is 0.177 e. The van der Waals surface area contributed by atoms with Gasteiger partial charge in [-0.1, -0.05) is 0 Å². The quantitative estimate of drug-likeness (QED) is 0.789. The third kappa shape index (κ3) is 2.21. The van der Waals surface area contributed by atoms with E-state index in [1.807, 2.05) is 13.0 Å². The minimum absolute atomic E-state index is 0.306. The number of furan rings is 1. The van der Waals surface area contributed by atoms with Crippen LogP contribution < -0.4 is 0 Å². The van der Waals surface area contributed by atoms with E-state index in [4.69, 9.17) is 4.42 Å². The van der Waals surface area contributed by atoms with Gasteiger partial charge in [0.25, 0.3) is 0 Å². The first-order valence-electron chi connectivity index (χ1n) is 4.62. The van der Waals surface area contributed by atoms with Crippen LogP contribution in [-0.4, -0.2) is 25.3 Å². The maximum absolute atomic E-state index is 9.79. The molecule has 0 fully saturated rings. The van der Waals surface area contributed by atoms with E-state index in [0.717, 1.165) is 5.76 Å². The number of aryl methyl sites for hydroxylation is 2. The van der Waals surface area contributed by atoms with Crippen LogP contribution in [0.3, 0.4) is 0 Å². The molecule has 2 heterocycles. The molecule has 0 aliphatic heterocycles. The zero-order valence-electron chi connectivity index (χ0n) is 8.58. The zero-order chi connectivity index (χ0) is 10.8. The number of rotatable bonds is 3. The molecular formula is C9H12N4O2. The maximum atomic E-state index is 9.79. The van der Waals surface area contributed by atoms with Crippen molar-refractivity contribution in [1.82, 2.24) is 20.2 Å². The van der Waals surface area contributed by atoms with Crippen molar-refractivity contribution in [3.63, 3.8) is 0 Å². The average molecular weight is 208 g/mol. The molecule has 0 aromatic carbocycles. The molecule has 80 valence electrons. The van der Waals surface area contributed by atoms with Gasteiger partial charge in [-0.3, -0.25) is 0 Å². The summed E-state index contributed by atoms with van der Waals surface area (Å²) in [6.45, 7) is 1.83. The van der Waals surface area contributed by atoms with Gasteiger partial charge in [0, 0.05) is 6.42 Å². The number of tetrazole rings is 1. The molecule has 0 amide bonds. The van der Waals surface area contributed by atoms with Crippen LogP contribution in [0.5, 0.6) is 0 Å². The minimum Gasteiger partial charge on any atom is -0.464 e. The summed E-state index contributed by atoms with van der Waals surface area (Å²) >= 11 is 0. The highest BCUT2D eigenvalue weighted by Gasteiger charge is 2.15. The lowest BCUT2D eigenvalue weighted by Crippen LogP contribution is -2.02. The van der Waals surface area contributed by atoms with Crippen molar-refractivity contribution in [1.29, 1.82) is 0 Å². The minimum atomic E-state index is -0.720. The van der Waals surface area contributed by atoms with Crippen LogP contribution in [0, 0.1) is 6.92 Å². The molecule has 0 aliphatic carbocycles. The summed E-state index contributed by atoms with van der Waals surface area (Å²) in [5.74, 6) is 1.80. The van der Waals surface area contributed by atoms with Crippen molar-refractivity contribution in [2.24, 2.45) is 7.05 Å². The highest BCUT2D eigenvalue weighted by molar-refractivity contribution is 5.09. The van der Waals surface area contributed by atoms with Crippen LogP contribution in [0.15, 0.2) is 16.5 Å². The highest BCUT2D eigenvalue weighted by atomic mass is 16.4. The van der Waals surface area contributed by atoms with Gasteiger partial charge in [0.1, 0.15) is 17.6 Å². The molecule has 1 N–H and O–H groups in total. The van der Waals surface area contributed by atoms with E-state index in [1.54, 1.807) is 13.1 Å². The largest absolute Gasteiger partial charge is 0.464 e. The van der Waals surface area contributed by atoms with Crippen molar-refractivity contribution >= 4 is 0 Å². The topological polar surface area (TPSA) is 77.0 Å². The number of aromatic nitrogens is 4. The van der Waals surface area contributed by atoms with Gasteiger partial charge in [-0.25, -0.2) is 0 Å². The second-order valence-corrected chi connectivity index (χ2v) is 3.36. The molecule has 0 spiro atoms. The van der Waals surface area contributed by atoms with Gasteiger partial charge in [0.15, 0.2) is 5.82 Å². The average Bonchev–Trinajstić information content (AvgIpc) is 2.75. The summed E-state index contributed by atoms with van der Waals surface area (Å²) in [4.78, 5) is 1.36. The van der Waals surface area contributed by atoms with E-state index in [-0.39, 0.29) is 0 Å². The predicted octanol–water partition coefficient (Wildman–Crippen LogP) is 0.388. The van der Waals surface area contributed by atoms with E-state index in [1.165, 1.54) is 4.80 Å². The van der Waals surface area contributed by atoms with Gasteiger partial charge in [-0.2, -0.15) is 4.80 Å². The Bertz CT molecular complexity index is 448. The van der Waals surface area contributed by atoms with Crippen molar-refractivity contribution in [2.45, 2.75) is 19.4 Å². The molecular weight excluding hydrogens is 196 g/mol. The molecule has 6 nitrogen and oxygen atoms in total. The third-order valence-electron chi connectivity index (χ3n) is 2.02. The summed E-state index contributed by atoms with van der Waals surface area (Å²) in [5.41, 5.74) is 0. The normalized spacial score (nSPS) is 13.0. The first kappa shape index (κ1) is 9.85. The highest BCUT2D eigenvalue weighted by Crippen LogP contribution is 2.18. The Morgan fingerprint density at radius 1 is 1.53 bits per heavy atom. The molecule has 15 heavy (non-hydrogen) atoms. The predicted molar refractivity (Wildman–Crippen MR) is 50.9 cm³/mol. The molecule has 0 saturated heterocycles. The van der Waals surface area contributed by atoms with Gasteiger partial charge in [0.2, 0.25) is 0 Å². The standard InChI is InChI=1S/C9H12N4O2/c1-6-3-4-8(15-6)7(14)5-9-10-12-13(2)11-9/h3-4,7,14H,5H2,1-2H3. The molecule has 6 heteroatoms. The summed E-state index contributed by atoms with van der Waals surface area (Å²) < 4.78 is 5.29. The van der Waals surface area contributed by atoms with Crippen molar-refractivity contribution in [3.05, 3.63) is 29.5 Å². The molecule has 0 saturated carbocycles. The van der Waals surface area contributed by atoms with Crippen molar-refractivity contribution in [2.75, 3.05) is 0 Å². The SMILES string of the molecule is Cc1ccc(C(O)Cc2nnn(C)n2)o1. The Morgan fingerprint density at radius 2 is 2.33 bits per heavy atom. The third-order valence-corrected chi connectivity index (χ3v) is 2.02. The molecule has 2 rings (SSSR count). The lowest BCUT2D eigenvalue weighted by atomic mass is 10.2. The van der Waals surface area contributed by atoms with Crippen molar-refractivity contribution < 1.29 is 9.52 Å². The summed E-state index contributed by atoms with van der Waals surface area (Å²) in [5, 5.41) is 21.2. The summed E-state index contributed by atoms with van der Waals surface area (Å²) in [6.07, 6.45) is -0.413. The van der Waals surface area contributed by atoms with Gasteiger partial charge in [-0.05, 0) is 24.3 Å². The molecule has 0 radical (unpaired) electrons. The Morgan fingerprint density at radius 3 is 2.87 bits per heavy atom. The lowest BCUT2D eigenvalue weighted by molar-refractivity contribution is 0.146. The molecule has 1 unspecified atom stereocenters. The Labute approximate surface area is 86.5 Å². The van der Waals surface area contributed by atoms with Crippen LogP contribution in [0.4, 0.5) is 0 Å². The van der Waals surface area contributed by atoms with Gasteiger partial charge in [-0.15, -0.1) is 10.2 Å². The second kappa shape index (κ2) is 3.82. The number of nitrogens with zero attached hydrogens (tertiary/aromatic N) is 4. The molecule has 2 aromatic heterocycles. The van der Waals surface area contributed by atoms with Crippen molar-refractivity contribution in [3.8, 4) is 0 Å². The van der Waals surface area contributed by atoms with Gasteiger partial charge < -0.3 is 9.52 Å². The maximum Gasteiger partial charge on any atom is 0.177 e. The first-order chi connectivity index (χ1) is 7.15. The van der Waals surface area contributed by atoms with E-state index in [2.05, 4.69) is 15.4 Å². The van der Waals surface area contributed by atoms with E-state index < -0.39 is 6.10 Å². The molecule has 2 aromatic rings. The Hall–Kier alpha value is -1.69. The molecule has 0 bridgehead atoms. The van der Waals surface area contributed by atoms with E-state index in [0.29, 0.717) is 18.0 Å². The monoisotopic (exact) mass is 208 g/mol. The number of hydrogen-bond acceptors (Lipinski definition) is 5. The fourth-order valence-electron chi connectivity index (χ4n) is 1.31. The number of aliphatic hydroxyl groups is 1. The Balaban J connectivity index is 2.06. The van der Waals surface area contributed by atoms with Crippen LogP contribution in [0.2, 0.25) is 0 Å². The van der Waals surface area contributed by atoms with E-state index >= 15 is 0 Å². The van der Waals surface area contributed by atoms with Gasteiger partial charge in [0.05, 0.1) is 7.05 Å². The fraction of sp³-hybridized carbons (Fsp3) is 0.444. The van der Waals surface area contributed by atoms with Gasteiger partial charge >= 0.3 is 0 Å². The number of hydrogen-bond donors (Lipinski definition) is 1. The summed E-state index contributed by atoms with van der Waals surface area (Å²) in [6, 6.07) is 3.55. The van der Waals surface area contributed by atoms with E-state index in [9.17, 15) is 5.11 Å². The Kier molecular flexibility index (Phi) is 2.51. The zero-order valence-corrected chi connectivity index (χ0v) is 8.58. The summed E-state index contributed by atoms with van der Waals surface area (Å²) in [7, 11) is 1.68. The van der Waals surface area contributed by atoms with Crippen LogP contribution >= 0.6 is 0 Å². The molecule has 1 atom stereocenters. The lowest BCUT2D eigenvalue weighted by Gasteiger charge is -2.03. The van der Waals surface area contributed by atoms with Crippen LogP contribution in [0.25, 0.3) is 0 Å².